The fraction of sp³-hybridized carbons (Fsp3) is 0.400. The number of likely N-dealkylation sites (N-methyl/N-ethyl adjacent to an activating group) is 1. The number of hydrogen-bond acceptors (Lipinski definition) is 6. The molecule has 3 rings (SSSR count). The summed E-state index contributed by atoms with van der Waals surface area (Å²) in [5.41, 5.74) is 2.72. The van der Waals surface area contributed by atoms with Gasteiger partial charge in [0, 0.05) is 22.9 Å². The fourth-order valence-electron chi connectivity index (χ4n) is 3.03. The van der Waals surface area contributed by atoms with Crippen molar-refractivity contribution in [3.8, 4) is 0 Å². The Labute approximate surface area is 168 Å². The van der Waals surface area contributed by atoms with Crippen molar-refractivity contribution in [2.24, 2.45) is 0 Å². The van der Waals surface area contributed by atoms with Crippen LogP contribution in [0.2, 0.25) is 0 Å². The molecule has 1 aromatic heterocycles. The van der Waals surface area contributed by atoms with E-state index in [1.807, 2.05) is 38.1 Å². The Morgan fingerprint density at radius 2 is 2.00 bits per heavy atom. The van der Waals surface area contributed by atoms with E-state index in [9.17, 15) is 9.59 Å². The normalized spacial score (nSPS) is 15.1. The smallest absolute Gasteiger partial charge is 0.341 e. The van der Waals surface area contributed by atoms with E-state index in [2.05, 4.69) is 17.3 Å². The van der Waals surface area contributed by atoms with Gasteiger partial charge in [-0.15, -0.1) is 23.1 Å². The van der Waals surface area contributed by atoms with Crippen molar-refractivity contribution in [2.75, 3.05) is 26.0 Å². The number of rotatable bonds is 5. The number of amides is 1. The Kier molecular flexibility index (Phi) is 6.24. The van der Waals surface area contributed by atoms with Crippen molar-refractivity contribution in [1.82, 2.24) is 4.90 Å². The summed E-state index contributed by atoms with van der Waals surface area (Å²) in [4.78, 5) is 29.5. The number of fused-ring (bicyclic) bond motifs is 1. The average molecular weight is 405 g/mol. The maximum atomic E-state index is 12.7. The standard InChI is InChI=1S/C20H24N2O3S2/c1-12-5-7-14(8-6-12)26-13(2)18(23)21-19-17(20(24)25-4)15-9-10-22(3)11-16(15)27-19/h5-8,13H,9-11H2,1-4H3,(H,21,23)/t13-/m1/s1. The van der Waals surface area contributed by atoms with Gasteiger partial charge in [0.25, 0.3) is 0 Å². The molecule has 5 nitrogen and oxygen atoms in total. The summed E-state index contributed by atoms with van der Waals surface area (Å²) in [6.07, 6.45) is 0.788. The molecule has 7 heteroatoms. The molecule has 144 valence electrons. The number of nitrogens with zero attached hydrogens (tertiary/aromatic N) is 1. The molecule has 1 atom stereocenters. The van der Waals surface area contributed by atoms with Gasteiger partial charge in [0.05, 0.1) is 17.9 Å². The van der Waals surface area contributed by atoms with E-state index in [1.165, 1.54) is 35.8 Å². The molecule has 0 saturated carbocycles. The highest BCUT2D eigenvalue weighted by Gasteiger charge is 2.29. The predicted octanol–water partition coefficient (Wildman–Crippen LogP) is 3.95. The summed E-state index contributed by atoms with van der Waals surface area (Å²) in [6.45, 7) is 5.59. The molecule has 1 amide bonds. The Hall–Kier alpha value is -1.83. The quantitative estimate of drug-likeness (QED) is 0.604. The largest absolute Gasteiger partial charge is 0.465 e. The van der Waals surface area contributed by atoms with E-state index in [0.29, 0.717) is 10.6 Å². The number of benzene rings is 1. The molecule has 0 bridgehead atoms. The van der Waals surface area contributed by atoms with Crippen LogP contribution in [0.1, 0.15) is 33.3 Å². The number of anilines is 1. The Balaban J connectivity index is 1.78. The fourth-order valence-corrected chi connectivity index (χ4v) is 5.21. The monoisotopic (exact) mass is 404 g/mol. The van der Waals surface area contributed by atoms with Crippen LogP contribution in [0.4, 0.5) is 5.00 Å². The maximum Gasteiger partial charge on any atom is 0.341 e. The van der Waals surface area contributed by atoms with Crippen LogP contribution >= 0.6 is 23.1 Å². The number of methoxy groups -OCH3 is 1. The first-order valence-electron chi connectivity index (χ1n) is 8.84. The summed E-state index contributed by atoms with van der Waals surface area (Å²) in [5.74, 6) is -0.496. The van der Waals surface area contributed by atoms with Gasteiger partial charge in [-0.3, -0.25) is 4.79 Å². The molecule has 0 spiro atoms. The van der Waals surface area contributed by atoms with Crippen molar-refractivity contribution in [3.63, 3.8) is 0 Å². The highest BCUT2D eigenvalue weighted by molar-refractivity contribution is 8.00. The number of carbonyl (C=O) groups is 2. The van der Waals surface area contributed by atoms with Crippen molar-refractivity contribution in [3.05, 3.63) is 45.8 Å². The number of thioether (sulfide) groups is 1. The van der Waals surface area contributed by atoms with Crippen LogP contribution in [0, 0.1) is 6.92 Å². The summed E-state index contributed by atoms with van der Waals surface area (Å²) >= 11 is 2.98. The predicted molar refractivity (Wildman–Crippen MR) is 111 cm³/mol. The third-order valence-corrected chi connectivity index (χ3v) is 6.82. The minimum Gasteiger partial charge on any atom is -0.465 e. The van der Waals surface area contributed by atoms with Crippen LogP contribution in [0.15, 0.2) is 29.2 Å². The van der Waals surface area contributed by atoms with Gasteiger partial charge in [0.1, 0.15) is 5.00 Å². The Morgan fingerprint density at radius 3 is 2.67 bits per heavy atom. The molecule has 0 fully saturated rings. The van der Waals surface area contributed by atoms with Gasteiger partial charge in [0.2, 0.25) is 5.91 Å². The first-order valence-corrected chi connectivity index (χ1v) is 10.5. The highest BCUT2D eigenvalue weighted by Crippen LogP contribution is 2.38. The number of hydrogen-bond donors (Lipinski definition) is 1. The van der Waals surface area contributed by atoms with Crippen LogP contribution in [0.3, 0.4) is 0 Å². The molecule has 0 unspecified atom stereocenters. The second-order valence-electron chi connectivity index (χ2n) is 6.75. The van der Waals surface area contributed by atoms with Crippen molar-refractivity contribution < 1.29 is 14.3 Å². The number of ether oxygens (including phenoxy) is 1. The number of thiophene rings is 1. The minimum absolute atomic E-state index is 0.113. The van der Waals surface area contributed by atoms with E-state index in [0.717, 1.165) is 34.8 Å². The molecule has 0 aliphatic carbocycles. The Bertz CT molecular complexity index is 846. The average Bonchev–Trinajstić information content (AvgIpc) is 2.99. The topological polar surface area (TPSA) is 58.6 Å². The van der Waals surface area contributed by atoms with E-state index < -0.39 is 0 Å². The zero-order valence-electron chi connectivity index (χ0n) is 16.0. The molecular weight excluding hydrogens is 380 g/mol. The molecule has 1 aliphatic rings. The van der Waals surface area contributed by atoms with Crippen LogP contribution in [0.25, 0.3) is 0 Å². The van der Waals surface area contributed by atoms with Crippen molar-refractivity contribution >= 4 is 40.0 Å². The van der Waals surface area contributed by atoms with Gasteiger partial charge >= 0.3 is 5.97 Å². The van der Waals surface area contributed by atoms with Crippen molar-refractivity contribution in [1.29, 1.82) is 0 Å². The third kappa shape index (κ3) is 4.54. The first kappa shape index (κ1) is 19.9. The molecule has 1 N–H and O–H groups in total. The summed E-state index contributed by atoms with van der Waals surface area (Å²) in [6, 6.07) is 8.10. The zero-order valence-corrected chi connectivity index (χ0v) is 17.6. The van der Waals surface area contributed by atoms with Gasteiger partial charge < -0.3 is 15.0 Å². The lowest BCUT2D eigenvalue weighted by molar-refractivity contribution is -0.115. The second-order valence-corrected chi connectivity index (χ2v) is 9.27. The lowest BCUT2D eigenvalue weighted by Gasteiger charge is -2.22. The van der Waals surface area contributed by atoms with Crippen LogP contribution in [-0.4, -0.2) is 42.7 Å². The summed E-state index contributed by atoms with van der Waals surface area (Å²) in [7, 11) is 3.43. The van der Waals surface area contributed by atoms with Gasteiger partial charge in [-0.05, 0) is 45.0 Å². The third-order valence-electron chi connectivity index (χ3n) is 4.58. The van der Waals surface area contributed by atoms with Crippen LogP contribution in [-0.2, 0) is 22.5 Å². The molecular formula is C20H24N2O3S2. The van der Waals surface area contributed by atoms with Gasteiger partial charge in [-0.25, -0.2) is 4.79 Å². The molecule has 2 aromatic rings. The number of nitrogens with one attached hydrogen (secondary N) is 1. The second kappa shape index (κ2) is 8.46. The molecule has 0 saturated heterocycles. The zero-order chi connectivity index (χ0) is 19.6. The molecule has 2 heterocycles. The Morgan fingerprint density at radius 1 is 1.30 bits per heavy atom. The van der Waals surface area contributed by atoms with Gasteiger partial charge in [0.15, 0.2) is 0 Å². The summed E-state index contributed by atoms with van der Waals surface area (Å²) < 4.78 is 4.97. The molecule has 0 radical (unpaired) electrons. The van der Waals surface area contributed by atoms with Crippen LogP contribution < -0.4 is 5.32 Å². The SMILES string of the molecule is COC(=O)c1c(NC(=O)[C@@H](C)Sc2ccc(C)cc2)sc2c1CCN(C)C2. The van der Waals surface area contributed by atoms with Crippen molar-refractivity contribution in [2.45, 2.75) is 37.0 Å². The molecule has 1 aromatic carbocycles. The molecule has 27 heavy (non-hydrogen) atoms. The lowest BCUT2D eigenvalue weighted by atomic mass is 10.0. The van der Waals surface area contributed by atoms with E-state index in [-0.39, 0.29) is 17.1 Å². The van der Waals surface area contributed by atoms with Gasteiger partial charge in [-0.1, -0.05) is 17.7 Å². The van der Waals surface area contributed by atoms with E-state index in [1.54, 1.807) is 0 Å². The maximum absolute atomic E-state index is 12.7. The van der Waals surface area contributed by atoms with E-state index in [4.69, 9.17) is 4.74 Å². The lowest BCUT2D eigenvalue weighted by Crippen LogP contribution is -2.26. The highest BCUT2D eigenvalue weighted by atomic mass is 32.2. The first-order chi connectivity index (χ1) is 12.9. The number of esters is 1. The molecule has 1 aliphatic heterocycles. The minimum atomic E-state index is -0.383. The van der Waals surface area contributed by atoms with E-state index >= 15 is 0 Å². The van der Waals surface area contributed by atoms with Gasteiger partial charge in [-0.2, -0.15) is 0 Å². The number of carbonyl (C=O) groups excluding carboxylic acids is 2. The summed E-state index contributed by atoms with van der Waals surface area (Å²) in [5, 5.41) is 3.29. The number of aryl methyl sites for hydroxylation is 1. The van der Waals surface area contributed by atoms with Crippen LogP contribution in [0.5, 0.6) is 0 Å².